The lowest BCUT2D eigenvalue weighted by Crippen LogP contribution is -2.37. The summed E-state index contributed by atoms with van der Waals surface area (Å²) in [5.74, 6) is -0.964. The Hall–Kier alpha value is -1.46. The van der Waals surface area contributed by atoms with Crippen LogP contribution in [0, 0.1) is 0 Å². The van der Waals surface area contributed by atoms with Crippen LogP contribution in [-0.4, -0.2) is 58.1 Å². The molecule has 0 aromatic carbocycles. The molecule has 20 heavy (non-hydrogen) atoms. The molecule has 0 amide bonds. The molecule has 1 N–H and O–H groups in total. The molecule has 0 spiro atoms. The van der Waals surface area contributed by atoms with E-state index in [1.54, 1.807) is 6.07 Å². The van der Waals surface area contributed by atoms with Gasteiger partial charge in [0.25, 0.3) is 0 Å². The van der Waals surface area contributed by atoms with Crippen LogP contribution in [0.3, 0.4) is 0 Å². The zero-order valence-electron chi connectivity index (χ0n) is 12.2. The highest BCUT2D eigenvalue weighted by Gasteiger charge is 2.26. The Morgan fingerprint density at radius 2 is 2.20 bits per heavy atom. The molecule has 1 aromatic heterocycles. The molecular formula is C15H23N3O2. The Morgan fingerprint density at radius 1 is 1.45 bits per heavy atom. The molecule has 0 saturated carbocycles. The minimum atomic E-state index is -0.964. The van der Waals surface area contributed by atoms with Crippen LogP contribution in [0.5, 0.6) is 0 Å². The van der Waals surface area contributed by atoms with Gasteiger partial charge in [-0.25, -0.2) is 9.78 Å². The maximum absolute atomic E-state index is 10.9. The van der Waals surface area contributed by atoms with Crippen molar-refractivity contribution in [2.75, 3.05) is 26.2 Å². The average Bonchev–Trinajstić information content (AvgIpc) is 2.89. The number of likely N-dealkylation sites (tertiary alicyclic amines) is 1. The molecule has 1 atom stereocenters. The number of carboxylic acids is 1. The Labute approximate surface area is 120 Å². The first-order valence-electron chi connectivity index (χ1n) is 7.29. The van der Waals surface area contributed by atoms with Gasteiger partial charge in [0.05, 0.1) is 5.69 Å². The molecule has 1 fully saturated rings. The highest BCUT2D eigenvalue weighted by atomic mass is 16.4. The van der Waals surface area contributed by atoms with E-state index in [0.717, 1.165) is 38.4 Å². The van der Waals surface area contributed by atoms with Crippen molar-refractivity contribution in [2.24, 2.45) is 0 Å². The van der Waals surface area contributed by atoms with Gasteiger partial charge in [0.2, 0.25) is 0 Å². The zero-order valence-corrected chi connectivity index (χ0v) is 12.2. The maximum Gasteiger partial charge on any atom is 0.354 e. The van der Waals surface area contributed by atoms with Gasteiger partial charge in [-0.3, -0.25) is 9.80 Å². The number of nitrogens with zero attached hydrogens (tertiary/aromatic N) is 3. The summed E-state index contributed by atoms with van der Waals surface area (Å²) in [6.45, 7) is 9.40. The van der Waals surface area contributed by atoms with Gasteiger partial charge in [0.1, 0.15) is 5.69 Å². The highest BCUT2D eigenvalue weighted by molar-refractivity contribution is 5.85. The molecule has 5 nitrogen and oxygen atoms in total. The van der Waals surface area contributed by atoms with Gasteiger partial charge in [-0.1, -0.05) is 19.9 Å². The minimum Gasteiger partial charge on any atom is -0.477 e. The van der Waals surface area contributed by atoms with Gasteiger partial charge < -0.3 is 5.11 Å². The van der Waals surface area contributed by atoms with E-state index in [-0.39, 0.29) is 5.69 Å². The van der Waals surface area contributed by atoms with E-state index in [2.05, 4.69) is 28.6 Å². The first kappa shape index (κ1) is 14.9. The summed E-state index contributed by atoms with van der Waals surface area (Å²) in [6.07, 6.45) is 1.18. The Kier molecular flexibility index (Phi) is 5.09. The summed E-state index contributed by atoms with van der Waals surface area (Å²) >= 11 is 0. The predicted molar refractivity (Wildman–Crippen MR) is 77.8 cm³/mol. The quantitative estimate of drug-likeness (QED) is 0.857. The molecular weight excluding hydrogens is 254 g/mol. The van der Waals surface area contributed by atoms with Gasteiger partial charge in [-0.15, -0.1) is 0 Å². The summed E-state index contributed by atoms with van der Waals surface area (Å²) in [4.78, 5) is 20.0. The molecule has 2 heterocycles. The lowest BCUT2D eigenvalue weighted by Gasteiger charge is -2.26. The van der Waals surface area contributed by atoms with E-state index in [9.17, 15) is 4.79 Å². The largest absolute Gasteiger partial charge is 0.477 e. The summed E-state index contributed by atoms with van der Waals surface area (Å²) in [7, 11) is 0. The Bertz CT molecular complexity index is 460. The van der Waals surface area contributed by atoms with E-state index in [1.165, 1.54) is 12.5 Å². The fraction of sp³-hybridized carbons (Fsp3) is 0.600. The van der Waals surface area contributed by atoms with Crippen molar-refractivity contribution in [3.63, 3.8) is 0 Å². The van der Waals surface area contributed by atoms with Crippen molar-refractivity contribution >= 4 is 5.97 Å². The second-order valence-corrected chi connectivity index (χ2v) is 5.22. The molecule has 0 bridgehead atoms. The SMILES string of the molecule is CCN(CC)C1CCN(Cc2cccc(C(=O)O)n2)C1. The third-order valence-electron chi connectivity index (χ3n) is 3.99. The monoisotopic (exact) mass is 277 g/mol. The van der Waals surface area contributed by atoms with Crippen molar-refractivity contribution in [2.45, 2.75) is 32.9 Å². The average molecular weight is 277 g/mol. The molecule has 1 aliphatic heterocycles. The summed E-state index contributed by atoms with van der Waals surface area (Å²) in [5, 5.41) is 8.97. The van der Waals surface area contributed by atoms with Crippen molar-refractivity contribution < 1.29 is 9.90 Å². The normalized spacial score (nSPS) is 19.6. The minimum absolute atomic E-state index is 0.127. The molecule has 5 heteroatoms. The predicted octanol–water partition coefficient (Wildman–Crippen LogP) is 1.70. The first-order chi connectivity index (χ1) is 9.63. The molecule has 1 saturated heterocycles. The van der Waals surface area contributed by atoms with E-state index in [0.29, 0.717) is 6.04 Å². The third-order valence-corrected chi connectivity index (χ3v) is 3.99. The van der Waals surface area contributed by atoms with Gasteiger partial charge in [-0.05, 0) is 31.6 Å². The van der Waals surface area contributed by atoms with Crippen LogP contribution < -0.4 is 0 Å². The van der Waals surface area contributed by atoms with E-state index >= 15 is 0 Å². The van der Waals surface area contributed by atoms with Crippen LogP contribution in [0.15, 0.2) is 18.2 Å². The second-order valence-electron chi connectivity index (χ2n) is 5.22. The van der Waals surface area contributed by atoms with Crippen molar-refractivity contribution in [3.8, 4) is 0 Å². The van der Waals surface area contributed by atoms with Gasteiger partial charge in [0.15, 0.2) is 0 Å². The standard InChI is InChI=1S/C15H23N3O2/c1-3-18(4-2)13-8-9-17(11-13)10-12-6-5-7-14(16-12)15(19)20/h5-7,13H,3-4,8-11H2,1-2H3,(H,19,20). The topological polar surface area (TPSA) is 56.7 Å². The van der Waals surface area contributed by atoms with Crippen molar-refractivity contribution in [3.05, 3.63) is 29.6 Å². The van der Waals surface area contributed by atoms with Gasteiger partial charge >= 0.3 is 5.97 Å². The summed E-state index contributed by atoms with van der Waals surface area (Å²) in [5.41, 5.74) is 0.965. The number of likely N-dealkylation sites (N-methyl/N-ethyl adjacent to an activating group) is 1. The number of aromatic carboxylic acids is 1. The maximum atomic E-state index is 10.9. The number of carboxylic acid groups (broad SMARTS) is 1. The number of rotatable bonds is 6. The Morgan fingerprint density at radius 3 is 2.85 bits per heavy atom. The van der Waals surface area contributed by atoms with Gasteiger partial charge in [0, 0.05) is 25.7 Å². The molecule has 0 aliphatic carbocycles. The zero-order chi connectivity index (χ0) is 14.5. The fourth-order valence-corrected chi connectivity index (χ4v) is 2.91. The van der Waals surface area contributed by atoms with Crippen LogP contribution in [0.2, 0.25) is 0 Å². The first-order valence-corrected chi connectivity index (χ1v) is 7.29. The van der Waals surface area contributed by atoms with Crippen LogP contribution in [0.25, 0.3) is 0 Å². The molecule has 0 radical (unpaired) electrons. The number of aromatic nitrogens is 1. The lowest BCUT2D eigenvalue weighted by atomic mass is 10.2. The molecule has 1 aromatic rings. The molecule has 110 valence electrons. The van der Waals surface area contributed by atoms with Crippen LogP contribution in [0.1, 0.15) is 36.5 Å². The van der Waals surface area contributed by atoms with Crippen LogP contribution >= 0.6 is 0 Å². The van der Waals surface area contributed by atoms with Crippen molar-refractivity contribution in [1.82, 2.24) is 14.8 Å². The summed E-state index contributed by atoms with van der Waals surface area (Å²) < 4.78 is 0. The fourth-order valence-electron chi connectivity index (χ4n) is 2.91. The smallest absolute Gasteiger partial charge is 0.354 e. The number of pyridine rings is 1. The van der Waals surface area contributed by atoms with E-state index in [4.69, 9.17) is 5.11 Å². The third kappa shape index (κ3) is 3.55. The van der Waals surface area contributed by atoms with E-state index < -0.39 is 5.97 Å². The molecule has 1 aliphatic rings. The molecule has 1 unspecified atom stereocenters. The van der Waals surface area contributed by atoms with Gasteiger partial charge in [-0.2, -0.15) is 0 Å². The highest BCUT2D eigenvalue weighted by Crippen LogP contribution is 2.17. The molecule has 2 rings (SSSR count). The lowest BCUT2D eigenvalue weighted by molar-refractivity contribution is 0.0690. The van der Waals surface area contributed by atoms with Crippen LogP contribution in [-0.2, 0) is 6.54 Å². The summed E-state index contributed by atoms with van der Waals surface area (Å²) in [6, 6.07) is 5.82. The number of hydrogen-bond donors (Lipinski definition) is 1. The van der Waals surface area contributed by atoms with Crippen LogP contribution in [0.4, 0.5) is 0 Å². The number of hydrogen-bond acceptors (Lipinski definition) is 4. The Balaban J connectivity index is 1.95. The second kappa shape index (κ2) is 6.81. The number of carbonyl (C=O) groups is 1. The van der Waals surface area contributed by atoms with E-state index in [1.807, 2.05) is 6.07 Å². The van der Waals surface area contributed by atoms with Crippen molar-refractivity contribution in [1.29, 1.82) is 0 Å².